The summed E-state index contributed by atoms with van der Waals surface area (Å²) in [5, 5.41) is 24.6. The molecule has 0 unspecified atom stereocenters. The number of amides is 1. The fraction of sp³-hybridized carbons (Fsp3) is 0.526. The molecule has 0 radical (unpaired) electrons. The second-order valence-corrected chi connectivity index (χ2v) is 7.22. The third-order valence-corrected chi connectivity index (χ3v) is 4.87. The third kappa shape index (κ3) is 4.07. The van der Waals surface area contributed by atoms with Gasteiger partial charge in [-0.3, -0.25) is 4.79 Å². The maximum absolute atomic E-state index is 12.3. The van der Waals surface area contributed by atoms with Crippen molar-refractivity contribution in [3.05, 3.63) is 29.8 Å². The van der Waals surface area contributed by atoms with Gasteiger partial charge in [0.2, 0.25) is 11.7 Å². The first-order valence-electron chi connectivity index (χ1n) is 9.12. The summed E-state index contributed by atoms with van der Waals surface area (Å²) in [7, 11) is 0. The molecule has 1 aliphatic carbocycles. The topological polar surface area (TPSA) is 96.5 Å². The van der Waals surface area contributed by atoms with Crippen LogP contribution in [0, 0.1) is 11.3 Å². The fourth-order valence-corrected chi connectivity index (χ4v) is 3.30. The van der Waals surface area contributed by atoms with E-state index in [-0.39, 0.29) is 12.5 Å². The smallest absolute Gasteiger partial charge is 0.244 e. The van der Waals surface area contributed by atoms with E-state index in [0.29, 0.717) is 24.6 Å². The van der Waals surface area contributed by atoms with Crippen molar-refractivity contribution in [1.82, 2.24) is 25.5 Å². The molecule has 0 atom stereocenters. The van der Waals surface area contributed by atoms with E-state index in [1.807, 2.05) is 24.3 Å². The number of rotatable bonds is 5. The SMILES string of the molecule is CC(C)c1ccc(-c2nnn(CC(=O)NC3(C#N)CCCCC3)n2)cc1. The van der Waals surface area contributed by atoms with E-state index in [0.717, 1.165) is 24.8 Å². The van der Waals surface area contributed by atoms with Gasteiger partial charge in [0.15, 0.2) is 0 Å². The van der Waals surface area contributed by atoms with E-state index in [1.165, 1.54) is 10.4 Å². The van der Waals surface area contributed by atoms with Crippen molar-refractivity contribution in [3.63, 3.8) is 0 Å². The van der Waals surface area contributed by atoms with Crippen LogP contribution in [0.4, 0.5) is 0 Å². The van der Waals surface area contributed by atoms with E-state index in [9.17, 15) is 10.1 Å². The Morgan fingerprint density at radius 2 is 1.96 bits per heavy atom. The van der Waals surface area contributed by atoms with E-state index >= 15 is 0 Å². The van der Waals surface area contributed by atoms with Crippen molar-refractivity contribution in [2.75, 3.05) is 0 Å². The largest absolute Gasteiger partial charge is 0.336 e. The first kappa shape index (κ1) is 18.1. The number of benzene rings is 1. The summed E-state index contributed by atoms with van der Waals surface area (Å²) in [6.45, 7) is 4.24. The first-order valence-corrected chi connectivity index (χ1v) is 9.12. The van der Waals surface area contributed by atoms with Crippen LogP contribution in [0.15, 0.2) is 24.3 Å². The van der Waals surface area contributed by atoms with Gasteiger partial charge >= 0.3 is 0 Å². The molecule has 26 heavy (non-hydrogen) atoms. The van der Waals surface area contributed by atoms with Gasteiger partial charge in [-0.1, -0.05) is 57.4 Å². The number of hydrogen-bond donors (Lipinski definition) is 1. The highest BCUT2D eigenvalue weighted by Crippen LogP contribution is 2.27. The molecule has 1 aliphatic rings. The molecule has 136 valence electrons. The van der Waals surface area contributed by atoms with Gasteiger partial charge in [-0.25, -0.2) is 0 Å². The molecule has 2 aromatic rings. The number of carbonyl (C=O) groups excluding carboxylic acids is 1. The highest BCUT2D eigenvalue weighted by atomic mass is 16.2. The lowest BCUT2D eigenvalue weighted by Gasteiger charge is -2.31. The number of hydrogen-bond acceptors (Lipinski definition) is 5. The van der Waals surface area contributed by atoms with Crippen LogP contribution in [0.5, 0.6) is 0 Å². The fourth-order valence-electron chi connectivity index (χ4n) is 3.30. The molecule has 1 heterocycles. The van der Waals surface area contributed by atoms with Crippen molar-refractivity contribution in [3.8, 4) is 17.5 Å². The zero-order valence-corrected chi connectivity index (χ0v) is 15.3. The van der Waals surface area contributed by atoms with Crippen LogP contribution in [0.2, 0.25) is 0 Å². The number of nitrogens with zero attached hydrogens (tertiary/aromatic N) is 5. The van der Waals surface area contributed by atoms with Gasteiger partial charge < -0.3 is 5.32 Å². The highest BCUT2D eigenvalue weighted by Gasteiger charge is 2.33. The summed E-state index contributed by atoms with van der Waals surface area (Å²) < 4.78 is 0. The summed E-state index contributed by atoms with van der Waals surface area (Å²) in [6, 6.07) is 10.3. The Kier molecular flexibility index (Phi) is 5.31. The average molecular weight is 352 g/mol. The summed E-state index contributed by atoms with van der Waals surface area (Å²) in [5.74, 6) is 0.692. The van der Waals surface area contributed by atoms with Gasteiger partial charge in [0, 0.05) is 5.56 Å². The molecule has 1 saturated carbocycles. The average Bonchev–Trinajstić information content (AvgIpc) is 3.10. The third-order valence-electron chi connectivity index (χ3n) is 4.87. The van der Waals surface area contributed by atoms with E-state index < -0.39 is 5.54 Å². The van der Waals surface area contributed by atoms with Gasteiger partial charge in [-0.05, 0) is 29.5 Å². The van der Waals surface area contributed by atoms with Crippen LogP contribution in [-0.2, 0) is 11.3 Å². The van der Waals surface area contributed by atoms with Crippen LogP contribution in [0.1, 0.15) is 57.4 Å². The zero-order valence-electron chi connectivity index (χ0n) is 15.3. The Balaban J connectivity index is 1.64. The molecular weight excluding hydrogens is 328 g/mol. The van der Waals surface area contributed by atoms with Crippen LogP contribution in [0.25, 0.3) is 11.4 Å². The minimum atomic E-state index is -0.745. The van der Waals surface area contributed by atoms with E-state index in [2.05, 4.69) is 40.6 Å². The van der Waals surface area contributed by atoms with Crippen LogP contribution < -0.4 is 5.32 Å². The molecule has 0 spiro atoms. The van der Waals surface area contributed by atoms with Gasteiger partial charge in [0.25, 0.3) is 0 Å². The molecular formula is C19H24N6O. The number of nitrogens with one attached hydrogen (secondary N) is 1. The maximum atomic E-state index is 12.3. The number of aromatic nitrogens is 4. The molecule has 1 amide bonds. The Morgan fingerprint density at radius 1 is 1.27 bits per heavy atom. The number of carbonyl (C=O) groups is 1. The number of nitriles is 1. The lowest BCUT2D eigenvalue weighted by molar-refractivity contribution is -0.123. The highest BCUT2D eigenvalue weighted by molar-refractivity contribution is 5.77. The van der Waals surface area contributed by atoms with Gasteiger partial charge in [-0.2, -0.15) is 10.1 Å². The van der Waals surface area contributed by atoms with Crippen LogP contribution in [-0.4, -0.2) is 31.7 Å². The van der Waals surface area contributed by atoms with Crippen molar-refractivity contribution in [2.45, 2.75) is 64.0 Å². The maximum Gasteiger partial charge on any atom is 0.244 e. The standard InChI is InChI=1S/C19H24N6O/c1-14(2)15-6-8-16(9-7-15)18-22-24-25(23-18)12-17(26)21-19(13-20)10-4-3-5-11-19/h6-9,14H,3-5,10-12H2,1-2H3,(H,21,26). The van der Waals surface area contributed by atoms with Crippen molar-refractivity contribution >= 4 is 5.91 Å². The molecule has 1 aromatic carbocycles. The summed E-state index contributed by atoms with van der Waals surface area (Å²) in [5.41, 5.74) is 1.36. The summed E-state index contributed by atoms with van der Waals surface area (Å²) in [6.07, 6.45) is 4.45. The van der Waals surface area contributed by atoms with Gasteiger partial charge in [0.05, 0.1) is 6.07 Å². The Morgan fingerprint density at radius 3 is 2.58 bits per heavy atom. The predicted octanol–water partition coefficient (Wildman–Crippen LogP) is 2.81. The molecule has 0 aliphatic heterocycles. The second kappa shape index (κ2) is 7.65. The summed E-state index contributed by atoms with van der Waals surface area (Å²) >= 11 is 0. The quantitative estimate of drug-likeness (QED) is 0.892. The van der Waals surface area contributed by atoms with Crippen molar-refractivity contribution < 1.29 is 4.79 Å². The van der Waals surface area contributed by atoms with Crippen LogP contribution in [0.3, 0.4) is 0 Å². The molecule has 3 rings (SSSR count). The predicted molar refractivity (Wildman–Crippen MR) is 96.9 cm³/mol. The Hall–Kier alpha value is -2.75. The summed E-state index contributed by atoms with van der Waals surface area (Å²) in [4.78, 5) is 13.6. The monoisotopic (exact) mass is 352 g/mol. The van der Waals surface area contributed by atoms with Crippen molar-refractivity contribution in [2.24, 2.45) is 0 Å². The Bertz CT molecular complexity index is 796. The minimum absolute atomic E-state index is 0.0412. The normalized spacial score (nSPS) is 16.2. The molecule has 0 bridgehead atoms. The van der Waals surface area contributed by atoms with Crippen molar-refractivity contribution in [1.29, 1.82) is 5.26 Å². The Labute approximate surface area is 153 Å². The molecule has 1 aromatic heterocycles. The molecule has 7 nitrogen and oxygen atoms in total. The second-order valence-electron chi connectivity index (χ2n) is 7.22. The van der Waals surface area contributed by atoms with Crippen LogP contribution >= 0.6 is 0 Å². The molecule has 0 saturated heterocycles. The van der Waals surface area contributed by atoms with E-state index in [4.69, 9.17) is 0 Å². The lowest BCUT2D eigenvalue weighted by Crippen LogP contribution is -2.49. The molecule has 7 heteroatoms. The zero-order chi connectivity index (χ0) is 18.6. The molecule has 1 fully saturated rings. The van der Waals surface area contributed by atoms with Gasteiger partial charge in [0.1, 0.15) is 12.1 Å². The minimum Gasteiger partial charge on any atom is -0.336 e. The van der Waals surface area contributed by atoms with E-state index in [1.54, 1.807) is 0 Å². The molecule has 1 N–H and O–H groups in total. The first-order chi connectivity index (χ1) is 12.5. The van der Waals surface area contributed by atoms with Gasteiger partial charge in [-0.15, -0.1) is 10.2 Å². The lowest BCUT2D eigenvalue weighted by atomic mass is 9.83. The number of tetrazole rings is 1.